The van der Waals surface area contributed by atoms with Gasteiger partial charge in [0.25, 0.3) is 0 Å². The fraction of sp³-hybridized carbons (Fsp3) is 0.462. The maximum absolute atomic E-state index is 12.3. The van der Waals surface area contributed by atoms with Crippen LogP contribution in [0.5, 0.6) is 5.75 Å². The molecule has 0 atom stereocenters. The molecule has 1 aromatic rings. The smallest absolute Gasteiger partial charge is 0.306 e. The van der Waals surface area contributed by atoms with Gasteiger partial charge in [-0.25, -0.2) is 0 Å². The molecule has 0 aromatic heterocycles. The topological polar surface area (TPSA) is 46.5 Å². The second-order valence-corrected chi connectivity index (χ2v) is 3.70. The largest absolute Gasteiger partial charge is 0.508 e. The van der Waals surface area contributed by atoms with Crippen molar-refractivity contribution in [3.05, 3.63) is 29.3 Å². The molecule has 0 aliphatic carbocycles. The lowest BCUT2D eigenvalue weighted by Crippen LogP contribution is -2.06. The summed E-state index contributed by atoms with van der Waals surface area (Å²) in [6.45, 7) is 1.65. The van der Waals surface area contributed by atoms with Crippen LogP contribution in [0.2, 0.25) is 0 Å². The molecule has 0 aliphatic heterocycles. The number of aryl methyl sites for hydroxylation is 2. The first-order valence-corrected chi connectivity index (χ1v) is 5.69. The van der Waals surface area contributed by atoms with Gasteiger partial charge in [0.05, 0.1) is 13.3 Å². The molecule has 1 N–H and O–H groups in total. The number of hydrogen-bond acceptors (Lipinski definition) is 3. The van der Waals surface area contributed by atoms with E-state index in [0.29, 0.717) is 13.0 Å². The lowest BCUT2D eigenvalue weighted by atomic mass is 10.0. The first kappa shape index (κ1) is 13.5. The summed E-state index contributed by atoms with van der Waals surface area (Å²) in [6, 6.07) is 4.81. The second kappa shape index (κ2) is 6.89. The van der Waals surface area contributed by atoms with Crippen LogP contribution < -0.4 is 0 Å². The maximum atomic E-state index is 12.3. The van der Waals surface area contributed by atoms with Gasteiger partial charge in [-0.3, -0.25) is 9.18 Å². The number of phenols is 1. The van der Waals surface area contributed by atoms with Crippen LogP contribution in [0.15, 0.2) is 18.2 Å². The molecule has 0 amide bonds. The monoisotopic (exact) mass is 240 g/mol. The summed E-state index contributed by atoms with van der Waals surface area (Å²) in [6.07, 6.45) is 1.04. The average Bonchev–Trinajstić information content (AvgIpc) is 2.29. The highest BCUT2D eigenvalue weighted by Crippen LogP contribution is 2.19. The Hall–Kier alpha value is -1.58. The van der Waals surface area contributed by atoms with Crippen molar-refractivity contribution in [3.8, 4) is 5.75 Å². The van der Waals surface area contributed by atoms with Crippen molar-refractivity contribution >= 4 is 5.97 Å². The number of esters is 1. The number of benzene rings is 1. The predicted molar refractivity (Wildman–Crippen MR) is 62.7 cm³/mol. The molecule has 0 spiro atoms. The van der Waals surface area contributed by atoms with Crippen LogP contribution in [0, 0.1) is 0 Å². The molecule has 0 saturated carbocycles. The van der Waals surface area contributed by atoms with Gasteiger partial charge in [0.1, 0.15) is 5.75 Å². The Morgan fingerprint density at radius 3 is 2.76 bits per heavy atom. The quantitative estimate of drug-likeness (QED) is 0.777. The van der Waals surface area contributed by atoms with Crippen molar-refractivity contribution in [2.45, 2.75) is 26.2 Å². The van der Waals surface area contributed by atoms with Crippen LogP contribution in [0.25, 0.3) is 0 Å². The third-order valence-electron chi connectivity index (χ3n) is 2.46. The number of phenolic OH excluding ortho intramolecular Hbond substituents is 1. The minimum atomic E-state index is -0.476. The Labute approximate surface area is 100 Å². The summed E-state index contributed by atoms with van der Waals surface area (Å²) in [7, 11) is 0. The van der Waals surface area contributed by atoms with Gasteiger partial charge < -0.3 is 9.84 Å². The molecule has 1 rings (SSSR count). The lowest BCUT2D eigenvalue weighted by Gasteiger charge is -2.08. The molecule has 4 heteroatoms. The summed E-state index contributed by atoms with van der Waals surface area (Å²) < 4.78 is 17.2. The van der Waals surface area contributed by atoms with Gasteiger partial charge in [0.15, 0.2) is 0 Å². The number of alkyl halides is 1. The third kappa shape index (κ3) is 4.43. The van der Waals surface area contributed by atoms with Crippen molar-refractivity contribution in [1.82, 2.24) is 0 Å². The highest BCUT2D eigenvalue weighted by atomic mass is 19.1. The molecule has 3 nitrogen and oxygen atoms in total. The summed E-state index contributed by atoms with van der Waals surface area (Å²) in [5.41, 5.74) is 1.63. The average molecular weight is 240 g/mol. The zero-order chi connectivity index (χ0) is 12.7. The Morgan fingerprint density at radius 2 is 2.12 bits per heavy atom. The molecule has 0 bridgehead atoms. The molecule has 1 aromatic carbocycles. The first-order valence-electron chi connectivity index (χ1n) is 5.69. The molecule has 0 saturated heterocycles. The number of ether oxygens (including phenoxy) is 1. The number of aromatic hydroxyl groups is 1. The number of carbonyl (C=O) groups excluding carboxylic acids is 1. The molecule has 0 radical (unpaired) electrons. The lowest BCUT2D eigenvalue weighted by molar-refractivity contribution is -0.143. The Bertz CT molecular complexity index is 377. The standard InChI is InChI=1S/C13H17FO3/c1-2-17-13(16)6-4-10-3-5-12(15)9-11(10)7-8-14/h3,5,9,15H,2,4,6-8H2,1H3. The summed E-state index contributed by atoms with van der Waals surface area (Å²) in [5.74, 6) is -0.139. The van der Waals surface area contributed by atoms with E-state index in [-0.39, 0.29) is 24.6 Å². The zero-order valence-corrected chi connectivity index (χ0v) is 9.91. The van der Waals surface area contributed by atoms with E-state index in [1.54, 1.807) is 25.1 Å². The van der Waals surface area contributed by atoms with Crippen LogP contribution in [0.4, 0.5) is 4.39 Å². The van der Waals surface area contributed by atoms with Gasteiger partial charge in [0, 0.05) is 12.8 Å². The molecule has 94 valence electrons. The highest BCUT2D eigenvalue weighted by Gasteiger charge is 2.07. The second-order valence-electron chi connectivity index (χ2n) is 3.70. The Balaban J connectivity index is 2.66. The van der Waals surface area contributed by atoms with E-state index in [1.807, 2.05) is 0 Å². The van der Waals surface area contributed by atoms with E-state index < -0.39 is 6.67 Å². The minimum absolute atomic E-state index is 0.119. The fourth-order valence-corrected chi connectivity index (χ4v) is 1.66. The summed E-state index contributed by atoms with van der Waals surface area (Å²) in [5, 5.41) is 9.31. The molecule has 0 heterocycles. The SMILES string of the molecule is CCOC(=O)CCc1ccc(O)cc1CCF. The van der Waals surface area contributed by atoms with E-state index in [2.05, 4.69) is 0 Å². The number of carbonyl (C=O) groups is 1. The molecule has 0 unspecified atom stereocenters. The highest BCUT2D eigenvalue weighted by molar-refractivity contribution is 5.69. The molecule has 0 fully saturated rings. The first-order chi connectivity index (χ1) is 8.17. The van der Waals surface area contributed by atoms with Crippen molar-refractivity contribution in [2.75, 3.05) is 13.3 Å². The summed E-state index contributed by atoms with van der Waals surface area (Å²) >= 11 is 0. The molecule has 17 heavy (non-hydrogen) atoms. The van der Waals surface area contributed by atoms with Gasteiger partial charge >= 0.3 is 5.97 Å². The van der Waals surface area contributed by atoms with E-state index in [1.165, 1.54) is 0 Å². The number of rotatable bonds is 6. The van der Waals surface area contributed by atoms with Gasteiger partial charge in [-0.1, -0.05) is 6.07 Å². The van der Waals surface area contributed by atoms with Crippen molar-refractivity contribution in [2.24, 2.45) is 0 Å². The molecule has 0 aliphatic rings. The van der Waals surface area contributed by atoms with Gasteiger partial charge in [-0.15, -0.1) is 0 Å². The van der Waals surface area contributed by atoms with Crippen LogP contribution in [0.3, 0.4) is 0 Å². The zero-order valence-electron chi connectivity index (χ0n) is 9.91. The van der Waals surface area contributed by atoms with Crippen molar-refractivity contribution in [3.63, 3.8) is 0 Å². The van der Waals surface area contributed by atoms with Gasteiger partial charge in [0.2, 0.25) is 0 Å². The molecular weight excluding hydrogens is 223 g/mol. The van der Waals surface area contributed by atoms with Crippen molar-refractivity contribution < 1.29 is 19.0 Å². The minimum Gasteiger partial charge on any atom is -0.508 e. The summed E-state index contributed by atoms with van der Waals surface area (Å²) in [4.78, 5) is 11.2. The predicted octanol–water partition coefficient (Wildman–Crippen LogP) is 2.40. The van der Waals surface area contributed by atoms with E-state index >= 15 is 0 Å². The van der Waals surface area contributed by atoms with Crippen LogP contribution in [-0.2, 0) is 22.4 Å². The van der Waals surface area contributed by atoms with E-state index in [9.17, 15) is 14.3 Å². The van der Waals surface area contributed by atoms with E-state index in [0.717, 1.165) is 11.1 Å². The van der Waals surface area contributed by atoms with E-state index in [4.69, 9.17) is 4.74 Å². The Morgan fingerprint density at radius 1 is 1.35 bits per heavy atom. The van der Waals surface area contributed by atoms with Crippen LogP contribution in [-0.4, -0.2) is 24.4 Å². The Kier molecular flexibility index (Phi) is 5.46. The maximum Gasteiger partial charge on any atom is 0.306 e. The van der Waals surface area contributed by atoms with Crippen molar-refractivity contribution in [1.29, 1.82) is 0 Å². The third-order valence-corrected chi connectivity index (χ3v) is 2.46. The fourth-order valence-electron chi connectivity index (χ4n) is 1.66. The normalized spacial score (nSPS) is 10.2. The van der Waals surface area contributed by atoms with Crippen LogP contribution >= 0.6 is 0 Å². The van der Waals surface area contributed by atoms with Crippen LogP contribution in [0.1, 0.15) is 24.5 Å². The van der Waals surface area contributed by atoms with Gasteiger partial charge in [-0.05, 0) is 36.6 Å². The molecular formula is C13H17FO3. The number of halogens is 1. The van der Waals surface area contributed by atoms with Gasteiger partial charge in [-0.2, -0.15) is 0 Å². The number of hydrogen-bond donors (Lipinski definition) is 1.